The summed E-state index contributed by atoms with van der Waals surface area (Å²) in [5.41, 5.74) is 1.13. The monoisotopic (exact) mass is 236 g/mol. The molecule has 92 valence electrons. The van der Waals surface area contributed by atoms with E-state index in [9.17, 15) is 5.11 Å². The summed E-state index contributed by atoms with van der Waals surface area (Å²) in [5, 5.41) is 9.60. The molecule has 4 atom stereocenters. The molecular weight excluding hydrogens is 220 g/mol. The summed E-state index contributed by atoms with van der Waals surface area (Å²) in [4.78, 5) is 0. The first-order valence-corrected chi connectivity index (χ1v) is 5.91. The van der Waals surface area contributed by atoms with E-state index in [4.69, 9.17) is 14.2 Å². The molecule has 0 radical (unpaired) electrons. The zero-order chi connectivity index (χ0) is 11.7. The maximum absolute atomic E-state index is 9.60. The quantitative estimate of drug-likeness (QED) is 0.840. The van der Waals surface area contributed by atoms with Crippen LogP contribution >= 0.6 is 0 Å². The number of benzene rings is 1. The van der Waals surface area contributed by atoms with Gasteiger partial charge in [-0.25, -0.2) is 0 Å². The van der Waals surface area contributed by atoms with Crippen LogP contribution in [0.1, 0.15) is 5.56 Å². The molecule has 4 heteroatoms. The van der Waals surface area contributed by atoms with Crippen molar-refractivity contribution < 1.29 is 19.3 Å². The molecule has 0 aliphatic carbocycles. The number of hydrogen-bond acceptors (Lipinski definition) is 4. The van der Waals surface area contributed by atoms with Crippen LogP contribution < -0.4 is 0 Å². The molecule has 0 amide bonds. The van der Waals surface area contributed by atoms with Crippen LogP contribution in [-0.4, -0.2) is 42.7 Å². The first kappa shape index (κ1) is 11.2. The van der Waals surface area contributed by atoms with Crippen LogP contribution in [0.15, 0.2) is 30.3 Å². The van der Waals surface area contributed by atoms with Gasteiger partial charge in [-0.1, -0.05) is 30.3 Å². The second kappa shape index (κ2) is 4.74. The molecule has 2 unspecified atom stereocenters. The summed E-state index contributed by atoms with van der Waals surface area (Å²) in [6, 6.07) is 10.0. The van der Waals surface area contributed by atoms with Gasteiger partial charge in [0.2, 0.25) is 0 Å². The Kier molecular flexibility index (Phi) is 3.11. The molecule has 17 heavy (non-hydrogen) atoms. The minimum atomic E-state index is -0.509. The lowest BCUT2D eigenvalue weighted by Crippen LogP contribution is -2.32. The zero-order valence-corrected chi connectivity index (χ0v) is 9.49. The molecule has 2 aliphatic rings. The van der Waals surface area contributed by atoms with Gasteiger partial charge >= 0.3 is 0 Å². The van der Waals surface area contributed by atoms with Crippen molar-refractivity contribution in [3.63, 3.8) is 0 Å². The third-order valence-electron chi connectivity index (χ3n) is 3.29. The summed E-state index contributed by atoms with van der Waals surface area (Å²) in [6.07, 6.45) is -0.910. The van der Waals surface area contributed by atoms with Gasteiger partial charge < -0.3 is 19.3 Å². The Balaban J connectivity index is 1.57. The molecule has 2 aliphatic heterocycles. The topological polar surface area (TPSA) is 47.9 Å². The maximum Gasteiger partial charge on any atom is 0.115 e. The summed E-state index contributed by atoms with van der Waals surface area (Å²) in [6.45, 7) is 1.40. The predicted molar refractivity (Wildman–Crippen MR) is 60.5 cm³/mol. The molecule has 0 bridgehead atoms. The Morgan fingerprint density at radius 2 is 1.88 bits per heavy atom. The fraction of sp³-hybridized carbons (Fsp3) is 0.538. The maximum atomic E-state index is 9.60. The third kappa shape index (κ3) is 2.21. The molecule has 0 spiro atoms. The Bertz CT molecular complexity index is 367. The van der Waals surface area contributed by atoms with E-state index in [0.29, 0.717) is 19.8 Å². The normalized spacial score (nSPS) is 36.1. The molecule has 1 N–H and O–H groups in total. The zero-order valence-electron chi connectivity index (χ0n) is 9.49. The van der Waals surface area contributed by atoms with Crippen LogP contribution in [0.2, 0.25) is 0 Å². The smallest absolute Gasteiger partial charge is 0.115 e. The highest BCUT2D eigenvalue weighted by Gasteiger charge is 2.47. The predicted octanol–water partition coefficient (Wildman–Crippen LogP) is 0.730. The summed E-state index contributed by atoms with van der Waals surface area (Å²) in [5.74, 6) is 0. The van der Waals surface area contributed by atoms with Gasteiger partial charge in [0.15, 0.2) is 0 Å². The van der Waals surface area contributed by atoms with Gasteiger partial charge in [0.05, 0.1) is 19.8 Å². The molecule has 2 heterocycles. The Hall–Kier alpha value is -0.940. The molecule has 0 saturated carbocycles. The van der Waals surface area contributed by atoms with E-state index in [1.54, 1.807) is 0 Å². The number of rotatable bonds is 3. The average molecular weight is 236 g/mol. The van der Waals surface area contributed by atoms with Gasteiger partial charge in [0, 0.05) is 0 Å². The van der Waals surface area contributed by atoms with Crippen LogP contribution in [-0.2, 0) is 20.8 Å². The van der Waals surface area contributed by atoms with E-state index in [1.165, 1.54) is 0 Å². The van der Waals surface area contributed by atoms with Crippen LogP contribution in [0.25, 0.3) is 0 Å². The highest BCUT2D eigenvalue weighted by molar-refractivity contribution is 5.13. The van der Waals surface area contributed by atoms with Gasteiger partial charge in [-0.2, -0.15) is 0 Å². The van der Waals surface area contributed by atoms with Gasteiger partial charge in [-0.15, -0.1) is 0 Å². The van der Waals surface area contributed by atoms with Crippen molar-refractivity contribution in [1.29, 1.82) is 0 Å². The summed E-state index contributed by atoms with van der Waals surface area (Å²) >= 11 is 0. The summed E-state index contributed by atoms with van der Waals surface area (Å²) < 4.78 is 16.8. The molecular formula is C13H16O4. The Morgan fingerprint density at radius 1 is 1.12 bits per heavy atom. The van der Waals surface area contributed by atoms with Gasteiger partial charge in [0.1, 0.15) is 24.4 Å². The van der Waals surface area contributed by atoms with Crippen molar-refractivity contribution in [1.82, 2.24) is 0 Å². The highest BCUT2D eigenvalue weighted by atomic mass is 16.6. The van der Waals surface area contributed by atoms with E-state index < -0.39 is 6.10 Å². The van der Waals surface area contributed by atoms with Gasteiger partial charge in [-0.05, 0) is 5.56 Å². The first-order valence-electron chi connectivity index (χ1n) is 5.91. The number of hydrogen-bond donors (Lipinski definition) is 1. The second-order valence-electron chi connectivity index (χ2n) is 4.50. The standard InChI is InChI=1S/C13H16O4/c14-10-7-16-13-11(8-17-12(10)13)15-6-9-4-2-1-3-5-9/h1-5,10-14H,6-8H2/t10-,11+,12?,13?/m0/s1. The van der Waals surface area contributed by atoms with Crippen LogP contribution in [0.3, 0.4) is 0 Å². The fourth-order valence-electron chi connectivity index (χ4n) is 2.36. The molecule has 2 saturated heterocycles. The van der Waals surface area contributed by atoms with E-state index in [0.717, 1.165) is 5.56 Å². The number of aliphatic hydroxyl groups is 1. The largest absolute Gasteiger partial charge is 0.388 e. The number of ether oxygens (including phenoxy) is 3. The fourth-order valence-corrected chi connectivity index (χ4v) is 2.36. The lowest BCUT2D eigenvalue weighted by molar-refractivity contribution is -0.0439. The van der Waals surface area contributed by atoms with Crippen molar-refractivity contribution in [3.8, 4) is 0 Å². The van der Waals surface area contributed by atoms with Crippen LogP contribution in [0, 0.1) is 0 Å². The van der Waals surface area contributed by atoms with E-state index in [-0.39, 0.29) is 18.3 Å². The van der Waals surface area contributed by atoms with Crippen molar-refractivity contribution >= 4 is 0 Å². The number of aliphatic hydroxyl groups excluding tert-OH is 1. The van der Waals surface area contributed by atoms with Crippen molar-refractivity contribution in [2.75, 3.05) is 13.2 Å². The second-order valence-corrected chi connectivity index (χ2v) is 4.50. The van der Waals surface area contributed by atoms with Gasteiger partial charge in [0.25, 0.3) is 0 Å². The third-order valence-corrected chi connectivity index (χ3v) is 3.29. The molecule has 0 aromatic heterocycles. The molecule has 3 rings (SSSR count). The lowest BCUT2D eigenvalue weighted by Gasteiger charge is -2.16. The van der Waals surface area contributed by atoms with Crippen molar-refractivity contribution in [2.45, 2.75) is 31.0 Å². The lowest BCUT2D eigenvalue weighted by atomic mass is 10.1. The van der Waals surface area contributed by atoms with Crippen LogP contribution in [0.4, 0.5) is 0 Å². The Morgan fingerprint density at radius 3 is 2.71 bits per heavy atom. The SMILES string of the molecule is O[C@H]1COC2C1OC[C@H]2OCc1ccccc1. The van der Waals surface area contributed by atoms with Crippen LogP contribution in [0.5, 0.6) is 0 Å². The van der Waals surface area contributed by atoms with E-state index in [2.05, 4.69) is 0 Å². The highest BCUT2D eigenvalue weighted by Crippen LogP contribution is 2.29. The molecule has 2 fully saturated rings. The van der Waals surface area contributed by atoms with E-state index in [1.807, 2.05) is 30.3 Å². The number of fused-ring (bicyclic) bond motifs is 1. The van der Waals surface area contributed by atoms with Gasteiger partial charge in [-0.3, -0.25) is 0 Å². The molecule has 1 aromatic carbocycles. The van der Waals surface area contributed by atoms with Crippen molar-refractivity contribution in [2.24, 2.45) is 0 Å². The van der Waals surface area contributed by atoms with E-state index >= 15 is 0 Å². The first-order chi connectivity index (χ1) is 8.34. The molecule has 1 aromatic rings. The minimum Gasteiger partial charge on any atom is -0.388 e. The Labute approximate surface area is 100 Å². The summed E-state index contributed by atoms with van der Waals surface area (Å²) in [7, 11) is 0. The molecule has 4 nitrogen and oxygen atoms in total. The minimum absolute atomic E-state index is 0.0719. The average Bonchev–Trinajstić information content (AvgIpc) is 2.92. The van der Waals surface area contributed by atoms with Crippen molar-refractivity contribution in [3.05, 3.63) is 35.9 Å².